The van der Waals surface area contributed by atoms with Crippen molar-refractivity contribution in [1.29, 1.82) is 0 Å². The molecule has 17 aromatic rings. The summed E-state index contributed by atoms with van der Waals surface area (Å²) in [6, 6.07) is 84.3. The summed E-state index contributed by atoms with van der Waals surface area (Å²) in [4.78, 5) is 4.88. The van der Waals surface area contributed by atoms with Gasteiger partial charge in [-0.3, -0.25) is 0 Å². The van der Waals surface area contributed by atoms with E-state index in [1.807, 2.05) is 11.3 Å². The molecule has 0 spiro atoms. The fraction of sp³-hybridized carbons (Fsp3) is 0.186. The van der Waals surface area contributed by atoms with Gasteiger partial charge in [0.05, 0.1) is 33.6 Å². The number of hydrogen-bond donors (Lipinski definition) is 0. The first-order valence-electron chi connectivity index (χ1n) is 32.5. The summed E-state index contributed by atoms with van der Waals surface area (Å²) >= 11 is 1.87. The summed E-state index contributed by atoms with van der Waals surface area (Å²) in [7, 11) is 0. The molecule has 0 N–H and O–H groups in total. The number of furan rings is 2. The second-order valence-electron chi connectivity index (χ2n) is 29.7. The van der Waals surface area contributed by atoms with E-state index < -0.39 is 0 Å². The Morgan fingerprint density at radius 2 is 0.826 bits per heavy atom. The molecule has 5 nitrogen and oxygen atoms in total. The van der Waals surface area contributed by atoms with Gasteiger partial charge in [0.2, 0.25) is 0 Å². The van der Waals surface area contributed by atoms with Gasteiger partial charge in [0.15, 0.2) is 11.2 Å². The van der Waals surface area contributed by atoms with Gasteiger partial charge in [0.25, 0.3) is 0 Å². The number of para-hydroxylation sites is 4. The number of anilines is 6. The number of benzene rings is 12. The van der Waals surface area contributed by atoms with Crippen molar-refractivity contribution in [1.82, 2.24) is 4.40 Å². The number of nitrogens with zero attached hydrogens (tertiary/aromatic N) is 3. The number of aromatic nitrogens is 1. The third-order valence-corrected chi connectivity index (χ3v) is 20.8. The lowest BCUT2D eigenvalue weighted by molar-refractivity contribution is 0.572. The number of rotatable bonds is 7. The van der Waals surface area contributed by atoms with Crippen LogP contribution in [0.4, 0.5) is 34.1 Å². The number of fused-ring (bicyclic) bond motifs is 17. The minimum Gasteiger partial charge on any atom is -0.454 e. The normalized spacial score (nSPS) is 13.0. The van der Waals surface area contributed by atoms with E-state index in [-0.39, 0.29) is 21.7 Å². The van der Waals surface area contributed by atoms with Crippen molar-refractivity contribution in [2.45, 2.75) is 105 Å². The van der Waals surface area contributed by atoms with E-state index in [1.165, 1.54) is 102 Å². The van der Waals surface area contributed by atoms with E-state index >= 15 is 0 Å². The molecule has 5 aromatic heterocycles. The Bertz CT molecular complexity index is 5850. The van der Waals surface area contributed by atoms with Crippen molar-refractivity contribution in [3.63, 3.8) is 0 Å². The molecule has 12 aromatic carbocycles. The molecule has 0 atom stereocenters. The maximum Gasteiger partial charge on any atom is 0.159 e. The highest BCUT2D eigenvalue weighted by Crippen LogP contribution is 2.53. The zero-order valence-corrected chi connectivity index (χ0v) is 55.2. The molecular formula is C86H73N3O2S. The molecule has 0 aliphatic rings. The molecule has 0 aliphatic carbocycles. The van der Waals surface area contributed by atoms with Crippen molar-refractivity contribution in [2.75, 3.05) is 9.80 Å². The molecule has 6 heteroatoms. The number of thiophene rings is 1. The van der Waals surface area contributed by atoms with Crippen LogP contribution in [-0.4, -0.2) is 4.40 Å². The van der Waals surface area contributed by atoms with Gasteiger partial charge in [-0.1, -0.05) is 229 Å². The molecule has 0 saturated heterocycles. The molecular weight excluding hydrogens is 1140 g/mol. The maximum atomic E-state index is 7.28. The molecule has 5 heterocycles. The van der Waals surface area contributed by atoms with Gasteiger partial charge < -0.3 is 23.0 Å². The second kappa shape index (κ2) is 19.8. The minimum atomic E-state index is -0.122. The van der Waals surface area contributed by atoms with Crippen LogP contribution >= 0.6 is 11.3 Å². The fourth-order valence-electron chi connectivity index (χ4n) is 14.9. The van der Waals surface area contributed by atoms with Crippen LogP contribution in [0.25, 0.3) is 124 Å². The Morgan fingerprint density at radius 3 is 1.41 bits per heavy atom. The van der Waals surface area contributed by atoms with Crippen LogP contribution in [0.5, 0.6) is 0 Å². The summed E-state index contributed by atoms with van der Waals surface area (Å²) in [5.74, 6) is 0. The van der Waals surface area contributed by atoms with Crippen LogP contribution in [0, 0.1) is 0 Å². The predicted octanol–water partition coefficient (Wildman–Crippen LogP) is 26.0. The van der Waals surface area contributed by atoms with Gasteiger partial charge in [0, 0.05) is 96.8 Å². The zero-order valence-electron chi connectivity index (χ0n) is 54.4. The monoisotopic (exact) mass is 1210 g/mol. The van der Waals surface area contributed by atoms with Gasteiger partial charge >= 0.3 is 0 Å². The van der Waals surface area contributed by atoms with Crippen molar-refractivity contribution in [2.24, 2.45) is 0 Å². The Labute approximate surface area is 540 Å². The number of hydrogen-bond acceptors (Lipinski definition) is 5. The molecule has 0 aliphatic heterocycles. The predicted molar refractivity (Wildman–Crippen MR) is 396 cm³/mol. The van der Waals surface area contributed by atoms with Crippen LogP contribution in [0.15, 0.2) is 233 Å². The average molecular weight is 1210 g/mol. The lowest BCUT2D eigenvalue weighted by Crippen LogP contribution is -2.13. The van der Waals surface area contributed by atoms with Gasteiger partial charge in [-0.15, -0.1) is 11.3 Å². The third-order valence-electron chi connectivity index (χ3n) is 19.7. The van der Waals surface area contributed by atoms with Crippen LogP contribution in [0.3, 0.4) is 0 Å². The highest BCUT2D eigenvalue weighted by Gasteiger charge is 2.31. The second-order valence-corrected chi connectivity index (χ2v) is 30.8. The largest absolute Gasteiger partial charge is 0.454 e. The summed E-state index contributed by atoms with van der Waals surface area (Å²) in [6.07, 6.45) is 0. The first-order chi connectivity index (χ1) is 44.2. The maximum absolute atomic E-state index is 7.28. The van der Waals surface area contributed by atoms with Crippen molar-refractivity contribution < 1.29 is 8.83 Å². The molecule has 0 fully saturated rings. The highest BCUT2D eigenvalue weighted by atomic mass is 32.1. The SMILES string of the molecule is CC(C)(C)c1ccc(N(c2ccc3c(c2)sc2cc4ccc5c6ccc(N(c7ccc(C(C)(C)C)cc7)c7cccc8c7oc7c(C(C)(C)C)cccc78)c7c8cc(-c9ccccc9)ccc8n(c5c4cc23)c67)c2cccc3c2oc2c(C(C)(C)C)cccc23)cc1. The summed E-state index contributed by atoms with van der Waals surface area (Å²) in [6.45, 7) is 27.3. The summed E-state index contributed by atoms with van der Waals surface area (Å²) in [5, 5.41) is 14.3. The van der Waals surface area contributed by atoms with E-state index in [4.69, 9.17) is 8.83 Å². The van der Waals surface area contributed by atoms with Crippen molar-refractivity contribution in [3.05, 3.63) is 247 Å². The highest BCUT2D eigenvalue weighted by molar-refractivity contribution is 7.26. The van der Waals surface area contributed by atoms with Crippen LogP contribution in [0.2, 0.25) is 0 Å². The van der Waals surface area contributed by atoms with E-state index in [1.54, 1.807) is 0 Å². The van der Waals surface area contributed by atoms with Gasteiger partial charge in [-0.2, -0.15) is 0 Å². The standard InChI is InChI=1S/C86H73N3O2S/c1-83(2,3)53-32-36-55(37-33-53)87(72-28-18-24-63-61-22-16-26-68(85(7,8)9)79(61)90-81(63)72)57-40-42-58-66-49-65-52(47-74(66)92-75(58)48-57)30-41-59-60-43-45-71(76-67-46-51(50-20-14-13-15-21-50)31-44-70(67)89(77(59)65)78(60)76)88(56-38-34-54(35-39-56)84(4,5)6)73-29-19-25-64-62-23-17-27-69(86(10,11)12)80(62)91-82(64)73/h13-49H,1-12H3. The van der Waals surface area contributed by atoms with Gasteiger partial charge in [-0.05, 0) is 128 Å². The molecule has 450 valence electrons. The topological polar surface area (TPSA) is 37.2 Å². The van der Waals surface area contributed by atoms with E-state index in [2.05, 4.69) is 322 Å². The molecule has 0 unspecified atom stereocenters. The van der Waals surface area contributed by atoms with Crippen LogP contribution in [-0.2, 0) is 21.7 Å². The Balaban J connectivity index is 0.898. The zero-order chi connectivity index (χ0) is 63.1. The first kappa shape index (κ1) is 56.1. The van der Waals surface area contributed by atoms with E-state index in [0.29, 0.717) is 0 Å². The first-order valence-corrected chi connectivity index (χ1v) is 33.3. The smallest absolute Gasteiger partial charge is 0.159 e. The van der Waals surface area contributed by atoms with Crippen LogP contribution in [0.1, 0.15) is 105 Å². The lowest BCUT2D eigenvalue weighted by Gasteiger charge is -2.28. The molecule has 17 rings (SSSR count). The summed E-state index contributed by atoms with van der Waals surface area (Å²) < 4.78 is 19.5. The minimum absolute atomic E-state index is 0.00745. The Morgan fingerprint density at radius 1 is 0.315 bits per heavy atom. The molecule has 0 saturated carbocycles. The van der Waals surface area contributed by atoms with E-state index in [9.17, 15) is 0 Å². The summed E-state index contributed by atoms with van der Waals surface area (Å²) in [5.41, 5.74) is 20.7. The van der Waals surface area contributed by atoms with E-state index in [0.717, 1.165) is 78.0 Å². The van der Waals surface area contributed by atoms with Crippen LogP contribution < -0.4 is 9.80 Å². The van der Waals surface area contributed by atoms with Crippen molar-refractivity contribution in [3.8, 4) is 11.1 Å². The van der Waals surface area contributed by atoms with Crippen molar-refractivity contribution >= 4 is 158 Å². The Kier molecular flexibility index (Phi) is 12.1. The van der Waals surface area contributed by atoms with Gasteiger partial charge in [-0.25, -0.2) is 0 Å². The molecule has 0 bridgehead atoms. The fourth-order valence-corrected chi connectivity index (χ4v) is 16.1. The molecule has 0 amide bonds. The molecule has 92 heavy (non-hydrogen) atoms. The van der Waals surface area contributed by atoms with Gasteiger partial charge in [0.1, 0.15) is 11.2 Å². The quantitative estimate of drug-likeness (QED) is 0.159. The molecule has 0 radical (unpaired) electrons. The average Bonchev–Trinajstić information content (AvgIpc) is 1.52. The Hall–Kier alpha value is -9.88. The third kappa shape index (κ3) is 8.56. The lowest BCUT2D eigenvalue weighted by atomic mass is 9.86.